The molecule has 0 radical (unpaired) electrons. The van der Waals surface area contributed by atoms with E-state index in [1.54, 1.807) is 23.7 Å². The molecule has 2 aromatic carbocycles. The molecule has 0 saturated carbocycles. The van der Waals surface area contributed by atoms with Gasteiger partial charge in [0.25, 0.3) is 0 Å². The van der Waals surface area contributed by atoms with Gasteiger partial charge in [0, 0.05) is 32.3 Å². The SMILES string of the molecule is CN(Cc1ccccc1)C(=O)NCCC(=O)Nc1nnc(SCc2ccccc2)s1. The van der Waals surface area contributed by atoms with Gasteiger partial charge in [0.05, 0.1) is 0 Å². The number of carbonyl (C=O) groups is 2. The van der Waals surface area contributed by atoms with Gasteiger partial charge in [-0.15, -0.1) is 10.2 Å². The first kappa shape index (κ1) is 21.8. The van der Waals surface area contributed by atoms with Crippen LogP contribution in [-0.4, -0.2) is 40.6 Å². The van der Waals surface area contributed by atoms with Gasteiger partial charge in [0.1, 0.15) is 0 Å². The number of nitrogens with one attached hydrogen (secondary N) is 2. The average molecular weight is 442 g/mol. The highest BCUT2D eigenvalue weighted by Crippen LogP contribution is 2.28. The number of carbonyl (C=O) groups excluding carboxylic acids is 2. The summed E-state index contributed by atoms with van der Waals surface area (Å²) in [6.45, 7) is 0.755. The number of aromatic nitrogens is 2. The Balaban J connectivity index is 1.35. The summed E-state index contributed by atoms with van der Waals surface area (Å²) < 4.78 is 0.796. The lowest BCUT2D eigenvalue weighted by Crippen LogP contribution is -2.38. The number of rotatable bonds is 9. The molecule has 0 spiro atoms. The molecule has 7 nitrogen and oxygen atoms in total. The first-order chi connectivity index (χ1) is 14.6. The summed E-state index contributed by atoms with van der Waals surface area (Å²) in [6, 6.07) is 19.6. The quantitative estimate of drug-likeness (QED) is 0.387. The third kappa shape index (κ3) is 7.16. The Bertz CT molecular complexity index is 950. The van der Waals surface area contributed by atoms with Crippen molar-refractivity contribution in [2.24, 2.45) is 0 Å². The van der Waals surface area contributed by atoms with Crippen molar-refractivity contribution in [1.29, 1.82) is 0 Å². The van der Waals surface area contributed by atoms with Gasteiger partial charge in [-0.3, -0.25) is 4.79 Å². The van der Waals surface area contributed by atoms with Crippen LogP contribution in [0.1, 0.15) is 17.5 Å². The van der Waals surface area contributed by atoms with Crippen LogP contribution in [0.2, 0.25) is 0 Å². The van der Waals surface area contributed by atoms with E-state index >= 15 is 0 Å². The van der Waals surface area contributed by atoms with Crippen molar-refractivity contribution in [2.45, 2.75) is 23.1 Å². The Hall–Kier alpha value is -2.91. The fourth-order valence-corrected chi connectivity index (χ4v) is 4.29. The normalized spacial score (nSPS) is 10.4. The van der Waals surface area contributed by atoms with E-state index < -0.39 is 0 Å². The van der Waals surface area contributed by atoms with Crippen molar-refractivity contribution in [2.75, 3.05) is 18.9 Å². The zero-order valence-corrected chi connectivity index (χ0v) is 18.2. The van der Waals surface area contributed by atoms with Crippen LogP contribution in [0.3, 0.4) is 0 Å². The Labute approximate surface area is 183 Å². The van der Waals surface area contributed by atoms with E-state index in [4.69, 9.17) is 0 Å². The van der Waals surface area contributed by atoms with Crippen molar-refractivity contribution in [3.63, 3.8) is 0 Å². The molecule has 2 N–H and O–H groups in total. The number of urea groups is 1. The van der Waals surface area contributed by atoms with Crippen LogP contribution in [-0.2, 0) is 17.1 Å². The molecule has 0 unspecified atom stereocenters. The number of amides is 3. The van der Waals surface area contributed by atoms with E-state index in [2.05, 4.69) is 33.0 Å². The first-order valence-corrected chi connectivity index (χ1v) is 11.2. The number of thioether (sulfide) groups is 1. The van der Waals surface area contributed by atoms with Gasteiger partial charge in [0.15, 0.2) is 4.34 Å². The van der Waals surface area contributed by atoms with Crippen molar-refractivity contribution < 1.29 is 9.59 Å². The zero-order valence-electron chi connectivity index (χ0n) is 16.6. The molecule has 3 aromatic rings. The number of anilines is 1. The maximum Gasteiger partial charge on any atom is 0.317 e. The maximum atomic E-state index is 12.1. The minimum atomic E-state index is -0.220. The summed E-state index contributed by atoms with van der Waals surface area (Å²) in [4.78, 5) is 25.8. The second-order valence-electron chi connectivity index (χ2n) is 6.52. The molecule has 9 heteroatoms. The van der Waals surface area contributed by atoms with Crippen LogP contribution < -0.4 is 10.6 Å². The van der Waals surface area contributed by atoms with E-state index in [1.807, 2.05) is 48.5 Å². The van der Waals surface area contributed by atoms with Gasteiger partial charge in [-0.2, -0.15) is 0 Å². The smallest absolute Gasteiger partial charge is 0.317 e. The van der Waals surface area contributed by atoms with E-state index in [0.29, 0.717) is 11.7 Å². The molecular formula is C21H23N5O2S2. The first-order valence-electron chi connectivity index (χ1n) is 9.43. The van der Waals surface area contributed by atoms with Gasteiger partial charge in [-0.25, -0.2) is 4.79 Å². The van der Waals surface area contributed by atoms with Crippen molar-refractivity contribution in [3.8, 4) is 0 Å². The van der Waals surface area contributed by atoms with Crippen LogP contribution in [0, 0.1) is 0 Å². The number of nitrogens with zero attached hydrogens (tertiary/aromatic N) is 3. The summed E-state index contributed by atoms with van der Waals surface area (Å²) in [5, 5.41) is 14.0. The molecule has 1 aromatic heterocycles. The maximum absolute atomic E-state index is 12.1. The minimum Gasteiger partial charge on any atom is -0.337 e. The lowest BCUT2D eigenvalue weighted by Gasteiger charge is -2.17. The Morgan fingerprint density at radius 1 is 1.00 bits per heavy atom. The van der Waals surface area contributed by atoms with E-state index in [9.17, 15) is 9.59 Å². The van der Waals surface area contributed by atoms with Crippen LogP contribution >= 0.6 is 23.1 Å². The lowest BCUT2D eigenvalue weighted by molar-refractivity contribution is -0.116. The van der Waals surface area contributed by atoms with Crippen molar-refractivity contribution >= 4 is 40.2 Å². The molecule has 0 fully saturated rings. The zero-order chi connectivity index (χ0) is 21.2. The number of hydrogen-bond acceptors (Lipinski definition) is 6. The lowest BCUT2D eigenvalue weighted by atomic mass is 10.2. The largest absolute Gasteiger partial charge is 0.337 e. The van der Waals surface area contributed by atoms with Gasteiger partial charge in [-0.05, 0) is 11.1 Å². The summed E-state index contributed by atoms with van der Waals surface area (Å²) in [5.41, 5.74) is 2.25. The standard InChI is InChI=1S/C21H23N5O2S2/c1-26(14-16-8-4-2-5-9-16)20(28)22-13-12-18(27)23-19-24-25-21(30-19)29-15-17-10-6-3-7-11-17/h2-11H,12-15H2,1H3,(H,22,28)(H,23,24,27). The second kappa shape index (κ2) is 11.3. The molecule has 0 atom stereocenters. The van der Waals surface area contributed by atoms with Gasteiger partial charge in [0.2, 0.25) is 11.0 Å². The monoisotopic (exact) mass is 441 g/mol. The predicted molar refractivity (Wildman–Crippen MR) is 120 cm³/mol. The number of benzene rings is 2. The van der Waals surface area contributed by atoms with Crippen LogP contribution in [0.25, 0.3) is 0 Å². The topological polar surface area (TPSA) is 87.2 Å². The van der Waals surface area contributed by atoms with Gasteiger partial charge in [-0.1, -0.05) is 83.8 Å². The third-order valence-electron chi connectivity index (χ3n) is 4.10. The molecule has 156 valence electrons. The fraction of sp³-hybridized carbons (Fsp3) is 0.238. The van der Waals surface area contributed by atoms with E-state index in [1.165, 1.54) is 16.9 Å². The van der Waals surface area contributed by atoms with E-state index in [0.717, 1.165) is 15.7 Å². The van der Waals surface area contributed by atoms with Crippen molar-refractivity contribution in [1.82, 2.24) is 20.4 Å². The molecule has 1 heterocycles. The predicted octanol–water partition coefficient (Wildman–Crippen LogP) is 4.00. The van der Waals surface area contributed by atoms with E-state index in [-0.39, 0.29) is 24.9 Å². The molecule has 0 bridgehead atoms. The van der Waals surface area contributed by atoms with Crippen LogP contribution in [0.15, 0.2) is 65.0 Å². The third-order valence-corrected chi connectivity index (χ3v) is 6.14. The molecule has 0 aliphatic heterocycles. The summed E-state index contributed by atoms with van der Waals surface area (Å²) in [6.07, 6.45) is 0.164. The van der Waals surface area contributed by atoms with Crippen LogP contribution in [0.5, 0.6) is 0 Å². The molecular weight excluding hydrogens is 418 g/mol. The van der Waals surface area contributed by atoms with Gasteiger partial charge < -0.3 is 15.5 Å². The highest BCUT2D eigenvalue weighted by Gasteiger charge is 2.11. The summed E-state index contributed by atoms with van der Waals surface area (Å²) in [5.74, 6) is 0.586. The Morgan fingerprint density at radius 3 is 2.37 bits per heavy atom. The van der Waals surface area contributed by atoms with Crippen LogP contribution in [0.4, 0.5) is 9.93 Å². The minimum absolute atomic E-state index is 0.164. The summed E-state index contributed by atoms with van der Waals surface area (Å²) >= 11 is 2.92. The number of hydrogen-bond donors (Lipinski definition) is 2. The second-order valence-corrected chi connectivity index (χ2v) is 8.72. The van der Waals surface area contributed by atoms with Gasteiger partial charge >= 0.3 is 6.03 Å². The van der Waals surface area contributed by atoms with Crippen molar-refractivity contribution in [3.05, 3.63) is 71.8 Å². The Kier molecular flexibility index (Phi) is 8.22. The highest BCUT2D eigenvalue weighted by molar-refractivity contribution is 8.00. The molecule has 3 rings (SSSR count). The molecule has 30 heavy (non-hydrogen) atoms. The summed E-state index contributed by atoms with van der Waals surface area (Å²) in [7, 11) is 1.72. The average Bonchev–Trinajstić information content (AvgIpc) is 3.20. The Morgan fingerprint density at radius 2 is 1.67 bits per heavy atom. The molecule has 3 amide bonds. The highest BCUT2D eigenvalue weighted by atomic mass is 32.2. The molecule has 0 aliphatic carbocycles. The molecule has 0 saturated heterocycles. The molecule has 0 aliphatic rings. The fourth-order valence-electron chi connectivity index (χ4n) is 2.57.